The summed E-state index contributed by atoms with van der Waals surface area (Å²) in [5.74, 6) is 0.739. The number of carbonyl (C=O) groups is 1. The van der Waals surface area contributed by atoms with E-state index in [2.05, 4.69) is 39.7 Å². The van der Waals surface area contributed by atoms with Gasteiger partial charge in [0.1, 0.15) is 5.75 Å². The van der Waals surface area contributed by atoms with Gasteiger partial charge in [-0.15, -0.1) is 0 Å². The molecule has 0 bridgehead atoms. The van der Waals surface area contributed by atoms with Crippen LogP contribution in [0, 0.1) is 3.57 Å². The van der Waals surface area contributed by atoms with E-state index in [0.29, 0.717) is 6.04 Å². The first-order valence-corrected chi connectivity index (χ1v) is 8.16. The van der Waals surface area contributed by atoms with Crippen LogP contribution in [0.1, 0.15) is 19.8 Å². The molecule has 1 aliphatic rings. The van der Waals surface area contributed by atoms with Gasteiger partial charge in [-0.3, -0.25) is 4.79 Å². The van der Waals surface area contributed by atoms with Gasteiger partial charge >= 0.3 is 0 Å². The van der Waals surface area contributed by atoms with Gasteiger partial charge in [0.2, 0.25) is 0 Å². The second-order valence-corrected chi connectivity index (χ2v) is 6.16. The lowest BCUT2D eigenvalue weighted by atomic mass is 10.1. The number of benzene rings is 1. The number of halogens is 1. The van der Waals surface area contributed by atoms with Crippen molar-refractivity contribution in [3.8, 4) is 5.75 Å². The van der Waals surface area contributed by atoms with E-state index in [-0.39, 0.29) is 12.5 Å². The third kappa shape index (κ3) is 4.63. The molecule has 5 heteroatoms. The molecule has 1 aromatic carbocycles. The van der Waals surface area contributed by atoms with Gasteiger partial charge in [-0.2, -0.15) is 0 Å². The summed E-state index contributed by atoms with van der Waals surface area (Å²) in [5.41, 5.74) is 0. The molecule has 0 aromatic heterocycles. The predicted octanol–water partition coefficient (Wildman–Crippen LogP) is 2.27. The van der Waals surface area contributed by atoms with Gasteiger partial charge in [-0.1, -0.05) is 19.1 Å². The molecule has 20 heavy (non-hydrogen) atoms. The highest BCUT2D eigenvalue weighted by Gasteiger charge is 2.19. The number of hydrogen-bond acceptors (Lipinski definition) is 3. The number of nitrogens with one attached hydrogen (secondary N) is 1. The lowest BCUT2D eigenvalue weighted by Crippen LogP contribution is -2.45. The second kappa shape index (κ2) is 7.83. The molecule has 1 amide bonds. The van der Waals surface area contributed by atoms with Crippen LogP contribution in [-0.4, -0.2) is 43.1 Å². The Bertz CT molecular complexity index is 445. The van der Waals surface area contributed by atoms with E-state index in [4.69, 9.17) is 4.74 Å². The first-order chi connectivity index (χ1) is 9.69. The number of carbonyl (C=O) groups excluding carboxylic acids is 1. The average molecular weight is 388 g/mol. The van der Waals surface area contributed by atoms with Crippen molar-refractivity contribution in [1.82, 2.24) is 10.2 Å². The largest absolute Gasteiger partial charge is 0.483 e. The Balaban J connectivity index is 1.72. The van der Waals surface area contributed by atoms with Crippen LogP contribution in [0.15, 0.2) is 24.3 Å². The summed E-state index contributed by atoms with van der Waals surface area (Å²) in [7, 11) is 0. The molecule has 1 aromatic rings. The zero-order chi connectivity index (χ0) is 14.4. The summed E-state index contributed by atoms with van der Waals surface area (Å²) in [6, 6.07) is 8.01. The molecule has 1 aliphatic heterocycles. The third-order valence-electron chi connectivity index (χ3n) is 3.60. The van der Waals surface area contributed by atoms with Gasteiger partial charge in [0.25, 0.3) is 5.91 Å². The Morgan fingerprint density at radius 3 is 2.75 bits per heavy atom. The minimum Gasteiger partial charge on any atom is -0.483 e. The van der Waals surface area contributed by atoms with E-state index in [9.17, 15) is 4.79 Å². The van der Waals surface area contributed by atoms with Crippen LogP contribution >= 0.6 is 22.6 Å². The normalized spacial score (nSPS) is 16.9. The molecule has 1 N–H and O–H groups in total. The van der Waals surface area contributed by atoms with Gasteiger partial charge in [-0.25, -0.2) is 0 Å². The van der Waals surface area contributed by atoms with Crippen molar-refractivity contribution in [2.24, 2.45) is 0 Å². The van der Waals surface area contributed by atoms with Crippen LogP contribution in [0.25, 0.3) is 0 Å². The van der Waals surface area contributed by atoms with Gasteiger partial charge in [-0.05, 0) is 54.1 Å². The number of amides is 1. The molecule has 1 saturated heterocycles. The van der Waals surface area contributed by atoms with E-state index < -0.39 is 0 Å². The Kier molecular flexibility index (Phi) is 6.09. The van der Waals surface area contributed by atoms with Gasteiger partial charge in [0.05, 0.1) is 3.57 Å². The number of piperidine rings is 1. The van der Waals surface area contributed by atoms with Crippen molar-refractivity contribution in [2.75, 3.05) is 26.2 Å². The predicted molar refractivity (Wildman–Crippen MR) is 87.9 cm³/mol. The number of ether oxygens (including phenoxy) is 1. The molecule has 110 valence electrons. The molecule has 0 radical (unpaired) electrons. The zero-order valence-electron chi connectivity index (χ0n) is 11.8. The van der Waals surface area contributed by atoms with E-state index >= 15 is 0 Å². The van der Waals surface area contributed by atoms with Crippen molar-refractivity contribution < 1.29 is 9.53 Å². The van der Waals surface area contributed by atoms with Crippen LogP contribution in [0.4, 0.5) is 0 Å². The SMILES string of the molecule is CCN1CCC(NC(=O)COc2ccccc2I)CC1. The number of likely N-dealkylation sites (tertiary alicyclic amines) is 1. The quantitative estimate of drug-likeness (QED) is 0.788. The van der Waals surface area contributed by atoms with Crippen molar-refractivity contribution in [1.29, 1.82) is 0 Å². The highest BCUT2D eigenvalue weighted by atomic mass is 127. The first-order valence-electron chi connectivity index (χ1n) is 7.08. The van der Waals surface area contributed by atoms with Gasteiger partial charge in [0.15, 0.2) is 6.61 Å². The maximum Gasteiger partial charge on any atom is 0.258 e. The van der Waals surface area contributed by atoms with Crippen molar-refractivity contribution in [2.45, 2.75) is 25.8 Å². The fourth-order valence-corrected chi connectivity index (χ4v) is 2.91. The number of hydrogen-bond donors (Lipinski definition) is 1. The topological polar surface area (TPSA) is 41.6 Å². The average Bonchev–Trinajstić information content (AvgIpc) is 2.47. The summed E-state index contributed by atoms with van der Waals surface area (Å²) in [5, 5.41) is 3.06. The first kappa shape index (κ1) is 15.6. The number of rotatable bonds is 5. The lowest BCUT2D eigenvalue weighted by Gasteiger charge is -2.31. The standard InChI is InChI=1S/C15H21IN2O2/c1-2-18-9-7-12(8-10-18)17-15(19)11-20-14-6-4-3-5-13(14)16/h3-6,12H,2,7-11H2,1H3,(H,17,19). The smallest absolute Gasteiger partial charge is 0.258 e. The second-order valence-electron chi connectivity index (χ2n) is 5.00. The maximum absolute atomic E-state index is 11.9. The minimum absolute atomic E-state index is 0.0281. The molecule has 1 fully saturated rings. The molecule has 0 aliphatic carbocycles. The van der Waals surface area contributed by atoms with E-state index in [1.807, 2.05) is 24.3 Å². The Hall–Kier alpha value is -0.820. The fraction of sp³-hybridized carbons (Fsp3) is 0.533. The maximum atomic E-state index is 11.9. The van der Waals surface area contributed by atoms with Crippen molar-refractivity contribution in [3.05, 3.63) is 27.8 Å². The van der Waals surface area contributed by atoms with E-state index in [1.165, 1.54) is 0 Å². The summed E-state index contributed by atoms with van der Waals surface area (Å²) >= 11 is 2.21. The molecule has 0 atom stereocenters. The Morgan fingerprint density at radius 2 is 2.10 bits per heavy atom. The van der Waals surface area contributed by atoms with Gasteiger partial charge in [0, 0.05) is 19.1 Å². The fourth-order valence-electron chi connectivity index (χ4n) is 2.37. The van der Waals surface area contributed by atoms with Crippen LogP contribution in [0.5, 0.6) is 5.75 Å². The third-order valence-corrected chi connectivity index (χ3v) is 4.49. The van der Waals surface area contributed by atoms with Crippen molar-refractivity contribution in [3.63, 3.8) is 0 Å². The molecular weight excluding hydrogens is 367 g/mol. The van der Waals surface area contributed by atoms with Crippen LogP contribution < -0.4 is 10.1 Å². The Labute approximate surface area is 134 Å². The number of para-hydroxylation sites is 1. The monoisotopic (exact) mass is 388 g/mol. The molecule has 0 spiro atoms. The van der Waals surface area contributed by atoms with Crippen LogP contribution in [0.2, 0.25) is 0 Å². The van der Waals surface area contributed by atoms with Gasteiger partial charge < -0.3 is 15.0 Å². The summed E-state index contributed by atoms with van der Waals surface area (Å²) in [6.45, 7) is 5.50. The minimum atomic E-state index is -0.0281. The van der Waals surface area contributed by atoms with E-state index in [0.717, 1.165) is 41.8 Å². The molecule has 2 rings (SSSR count). The summed E-state index contributed by atoms with van der Waals surface area (Å²) < 4.78 is 6.57. The highest BCUT2D eigenvalue weighted by molar-refractivity contribution is 14.1. The van der Waals surface area contributed by atoms with Crippen LogP contribution in [-0.2, 0) is 4.79 Å². The number of nitrogens with zero attached hydrogens (tertiary/aromatic N) is 1. The van der Waals surface area contributed by atoms with Crippen molar-refractivity contribution >= 4 is 28.5 Å². The molecular formula is C15H21IN2O2. The molecule has 1 heterocycles. The zero-order valence-corrected chi connectivity index (χ0v) is 13.9. The summed E-state index contributed by atoms with van der Waals surface area (Å²) in [4.78, 5) is 14.3. The summed E-state index contributed by atoms with van der Waals surface area (Å²) in [6.07, 6.45) is 2.06. The Morgan fingerprint density at radius 1 is 1.40 bits per heavy atom. The van der Waals surface area contributed by atoms with Crippen LogP contribution in [0.3, 0.4) is 0 Å². The lowest BCUT2D eigenvalue weighted by molar-refractivity contribution is -0.124. The molecule has 0 saturated carbocycles. The molecule has 4 nitrogen and oxygen atoms in total. The highest BCUT2D eigenvalue weighted by Crippen LogP contribution is 2.19. The van der Waals surface area contributed by atoms with E-state index in [1.54, 1.807) is 0 Å². The molecule has 0 unspecified atom stereocenters.